The third-order valence-corrected chi connectivity index (χ3v) is 3.62. The van der Waals surface area contributed by atoms with Gasteiger partial charge in [-0.2, -0.15) is 0 Å². The molecular formula is C11H22N2. The Morgan fingerprint density at radius 2 is 1.85 bits per heavy atom. The number of rotatable bonds is 0. The zero-order valence-corrected chi connectivity index (χ0v) is 9.14. The minimum absolute atomic E-state index is 0.372. The van der Waals surface area contributed by atoms with Gasteiger partial charge in [0, 0.05) is 18.6 Å². The van der Waals surface area contributed by atoms with Crippen molar-refractivity contribution in [3.8, 4) is 0 Å². The molecular weight excluding hydrogens is 160 g/mol. The Balaban J connectivity index is 1.99. The molecule has 1 N–H and O–H groups in total. The molecule has 0 aromatic carbocycles. The van der Waals surface area contributed by atoms with Crippen LogP contribution in [0.15, 0.2) is 0 Å². The van der Waals surface area contributed by atoms with Crippen LogP contribution >= 0.6 is 0 Å². The first kappa shape index (κ1) is 9.47. The fourth-order valence-electron chi connectivity index (χ4n) is 2.62. The first-order chi connectivity index (χ1) is 6.07. The van der Waals surface area contributed by atoms with Crippen molar-refractivity contribution in [1.82, 2.24) is 10.2 Å². The third kappa shape index (κ3) is 1.89. The lowest BCUT2D eigenvalue weighted by Gasteiger charge is -2.31. The minimum Gasteiger partial charge on any atom is -0.316 e. The van der Waals surface area contributed by atoms with Gasteiger partial charge in [0.2, 0.25) is 0 Å². The van der Waals surface area contributed by atoms with Crippen molar-refractivity contribution in [2.75, 3.05) is 26.2 Å². The lowest BCUT2D eigenvalue weighted by atomic mass is 9.90. The second-order valence-corrected chi connectivity index (χ2v) is 5.59. The van der Waals surface area contributed by atoms with E-state index in [0.29, 0.717) is 5.54 Å². The van der Waals surface area contributed by atoms with E-state index >= 15 is 0 Å². The van der Waals surface area contributed by atoms with E-state index in [2.05, 4.69) is 31.0 Å². The van der Waals surface area contributed by atoms with Crippen LogP contribution in [0.5, 0.6) is 0 Å². The minimum atomic E-state index is 0.372. The maximum absolute atomic E-state index is 3.50. The monoisotopic (exact) mass is 182 g/mol. The van der Waals surface area contributed by atoms with Gasteiger partial charge >= 0.3 is 0 Å². The fourth-order valence-corrected chi connectivity index (χ4v) is 2.62. The smallest absolute Gasteiger partial charge is 0.0125 e. The highest BCUT2D eigenvalue weighted by atomic mass is 15.2. The van der Waals surface area contributed by atoms with E-state index in [1.807, 2.05) is 0 Å². The molecule has 0 aliphatic carbocycles. The van der Waals surface area contributed by atoms with Crippen LogP contribution in [0.3, 0.4) is 0 Å². The van der Waals surface area contributed by atoms with Crippen molar-refractivity contribution < 1.29 is 0 Å². The van der Waals surface area contributed by atoms with Gasteiger partial charge in [0.25, 0.3) is 0 Å². The van der Waals surface area contributed by atoms with Crippen LogP contribution in [0.2, 0.25) is 0 Å². The molecule has 0 unspecified atom stereocenters. The van der Waals surface area contributed by atoms with Crippen LogP contribution in [0.4, 0.5) is 0 Å². The van der Waals surface area contributed by atoms with E-state index < -0.39 is 0 Å². The summed E-state index contributed by atoms with van der Waals surface area (Å²) in [7, 11) is 0. The predicted molar refractivity (Wildman–Crippen MR) is 55.8 cm³/mol. The first-order valence-electron chi connectivity index (χ1n) is 5.53. The molecule has 2 rings (SSSR count). The molecule has 0 radical (unpaired) electrons. The molecule has 2 aliphatic heterocycles. The van der Waals surface area contributed by atoms with Crippen LogP contribution in [-0.4, -0.2) is 36.6 Å². The van der Waals surface area contributed by atoms with Gasteiger partial charge in [-0.05, 0) is 52.1 Å². The lowest BCUT2D eigenvalue weighted by molar-refractivity contribution is 0.165. The molecule has 2 aliphatic rings. The number of hydrogen-bond acceptors (Lipinski definition) is 2. The number of likely N-dealkylation sites (tertiary alicyclic amines) is 1. The highest BCUT2D eigenvalue weighted by Gasteiger charge is 2.38. The van der Waals surface area contributed by atoms with Gasteiger partial charge in [0.15, 0.2) is 0 Å². The molecule has 0 spiro atoms. The maximum atomic E-state index is 3.50. The molecule has 0 amide bonds. The van der Waals surface area contributed by atoms with Crippen LogP contribution in [0.1, 0.15) is 27.2 Å². The van der Waals surface area contributed by atoms with Gasteiger partial charge in [0.1, 0.15) is 0 Å². The Morgan fingerprint density at radius 3 is 2.46 bits per heavy atom. The second kappa shape index (κ2) is 3.25. The van der Waals surface area contributed by atoms with Crippen molar-refractivity contribution in [3.05, 3.63) is 0 Å². The SMILES string of the molecule is CC(C)(C)N1C[C@H]2CNCC[C@H]2C1. The summed E-state index contributed by atoms with van der Waals surface area (Å²) >= 11 is 0. The molecule has 2 heterocycles. The molecule has 2 nitrogen and oxygen atoms in total. The Bertz CT molecular complexity index is 169. The first-order valence-corrected chi connectivity index (χ1v) is 5.53. The molecule has 2 saturated heterocycles. The van der Waals surface area contributed by atoms with E-state index in [0.717, 1.165) is 11.8 Å². The number of nitrogens with one attached hydrogen (secondary N) is 1. The zero-order chi connectivity index (χ0) is 9.47. The van der Waals surface area contributed by atoms with Crippen LogP contribution in [0, 0.1) is 11.8 Å². The van der Waals surface area contributed by atoms with Crippen molar-refractivity contribution in [2.24, 2.45) is 11.8 Å². The van der Waals surface area contributed by atoms with Crippen molar-refractivity contribution in [1.29, 1.82) is 0 Å². The van der Waals surface area contributed by atoms with Crippen LogP contribution in [0.25, 0.3) is 0 Å². The van der Waals surface area contributed by atoms with E-state index in [1.165, 1.54) is 32.6 Å². The Hall–Kier alpha value is -0.0800. The summed E-state index contributed by atoms with van der Waals surface area (Å²) in [6.07, 6.45) is 1.39. The van der Waals surface area contributed by atoms with Gasteiger partial charge in [0.05, 0.1) is 0 Å². The van der Waals surface area contributed by atoms with Gasteiger partial charge < -0.3 is 5.32 Å². The Kier molecular flexibility index (Phi) is 2.37. The van der Waals surface area contributed by atoms with Gasteiger partial charge in [-0.15, -0.1) is 0 Å². The molecule has 76 valence electrons. The van der Waals surface area contributed by atoms with E-state index in [4.69, 9.17) is 0 Å². The van der Waals surface area contributed by atoms with E-state index in [1.54, 1.807) is 0 Å². The summed E-state index contributed by atoms with van der Waals surface area (Å²) in [5.74, 6) is 1.90. The highest BCUT2D eigenvalue weighted by Crippen LogP contribution is 2.32. The largest absolute Gasteiger partial charge is 0.316 e. The number of piperidine rings is 1. The summed E-state index contributed by atoms with van der Waals surface area (Å²) in [4.78, 5) is 2.65. The van der Waals surface area contributed by atoms with Gasteiger partial charge in [-0.25, -0.2) is 0 Å². The topological polar surface area (TPSA) is 15.3 Å². The molecule has 13 heavy (non-hydrogen) atoms. The normalized spacial score (nSPS) is 36.2. The molecule has 2 heteroatoms. The zero-order valence-electron chi connectivity index (χ0n) is 9.14. The van der Waals surface area contributed by atoms with Crippen molar-refractivity contribution >= 4 is 0 Å². The molecule has 2 atom stereocenters. The van der Waals surface area contributed by atoms with E-state index in [-0.39, 0.29) is 0 Å². The van der Waals surface area contributed by atoms with Crippen molar-refractivity contribution in [2.45, 2.75) is 32.7 Å². The predicted octanol–water partition coefficient (Wildman–Crippen LogP) is 1.33. The molecule has 0 saturated carbocycles. The number of nitrogens with zero attached hydrogens (tertiary/aromatic N) is 1. The second-order valence-electron chi connectivity index (χ2n) is 5.59. The lowest BCUT2D eigenvalue weighted by Crippen LogP contribution is -2.40. The summed E-state index contributed by atoms with van der Waals surface area (Å²) in [6.45, 7) is 12.1. The summed E-state index contributed by atoms with van der Waals surface area (Å²) in [5.41, 5.74) is 0.372. The van der Waals surface area contributed by atoms with Crippen LogP contribution in [-0.2, 0) is 0 Å². The fraction of sp³-hybridized carbons (Fsp3) is 1.00. The van der Waals surface area contributed by atoms with Crippen molar-refractivity contribution in [3.63, 3.8) is 0 Å². The number of fused-ring (bicyclic) bond motifs is 1. The molecule has 0 aromatic rings. The average Bonchev–Trinajstić information content (AvgIpc) is 2.45. The van der Waals surface area contributed by atoms with Gasteiger partial charge in [-0.1, -0.05) is 0 Å². The highest BCUT2D eigenvalue weighted by molar-refractivity contribution is 4.92. The summed E-state index contributed by atoms with van der Waals surface area (Å²) in [6, 6.07) is 0. The standard InChI is InChI=1S/C11H22N2/c1-11(2,3)13-7-9-4-5-12-6-10(9)8-13/h9-10,12H,4-8H2,1-3H3/t9-,10+/m0/s1. The maximum Gasteiger partial charge on any atom is 0.0125 e. The average molecular weight is 182 g/mol. The van der Waals surface area contributed by atoms with E-state index in [9.17, 15) is 0 Å². The quantitative estimate of drug-likeness (QED) is 0.608. The molecule has 2 fully saturated rings. The van der Waals surface area contributed by atoms with Crippen LogP contribution < -0.4 is 5.32 Å². The Morgan fingerprint density at radius 1 is 1.15 bits per heavy atom. The third-order valence-electron chi connectivity index (χ3n) is 3.62. The summed E-state index contributed by atoms with van der Waals surface area (Å²) in [5, 5.41) is 3.50. The molecule has 0 bridgehead atoms. The molecule has 0 aromatic heterocycles. The number of hydrogen-bond donors (Lipinski definition) is 1. The Labute approximate surface area is 81.7 Å². The summed E-state index contributed by atoms with van der Waals surface area (Å²) < 4.78 is 0. The van der Waals surface area contributed by atoms with Gasteiger partial charge in [-0.3, -0.25) is 4.90 Å².